The van der Waals surface area contributed by atoms with Crippen LogP contribution in [0.4, 0.5) is 0 Å². The second-order valence-corrected chi connectivity index (χ2v) is 5.34. The molecule has 1 aromatic rings. The van der Waals surface area contributed by atoms with Gasteiger partial charge in [0.15, 0.2) is 0 Å². The van der Waals surface area contributed by atoms with Crippen LogP contribution >= 0.6 is 0 Å². The third-order valence-electron chi connectivity index (χ3n) is 4.26. The Balaban J connectivity index is 1.76. The van der Waals surface area contributed by atoms with Gasteiger partial charge in [-0.1, -0.05) is 31.4 Å². The molecule has 1 saturated carbocycles. The molecule has 0 radical (unpaired) electrons. The summed E-state index contributed by atoms with van der Waals surface area (Å²) in [4.78, 5) is 0. The Morgan fingerprint density at radius 3 is 3.00 bits per heavy atom. The van der Waals surface area contributed by atoms with Crippen LogP contribution in [0.15, 0.2) is 18.2 Å². The van der Waals surface area contributed by atoms with Gasteiger partial charge in [-0.05, 0) is 36.6 Å². The molecule has 1 fully saturated rings. The van der Waals surface area contributed by atoms with Crippen LogP contribution in [0, 0.1) is 5.92 Å². The molecule has 2 nitrogen and oxygen atoms in total. The molecule has 92 valence electrons. The normalized spacial score (nSPS) is 20.5. The molecule has 0 aromatic heterocycles. The van der Waals surface area contributed by atoms with Gasteiger partial charge in [0.2, 0.25) is 0 Å². The zero-order valence-electron chi connectivity index (χ0n) is 10.5. The lowest BCUT2D eigenvalue weighted by atomic mass is 9.79. The van der Waals surface area contributed by atoms with E-state index in [2.05, 4.69) is 30.6 Å². The van der Waals surface area contributed by atoms with E-state index in [1.807, 2.05) is 0 Å². The van der Waals surface area contributed by atoms with Gasteiger partial charge < -0.3 is 10.1 Å². The van der Waals surface area contributed by atoms with E-state index in [4.69, 9.17) is 4.74 Å². The van der Waals surface area contributed by atoms with Gasteiger partial charge in [0.25, 0.3) is 0 Å². The van der Waals surface area contributed by atoms with Gasteiger partial charge in [0, 0.05) is 12.5 Å². The van der Waals surface area contributed by atoms with Crippen LogP contribution in [0.25, 0.3) is 0 Å². The maximum Gasteiger partial charge on any atom is 0.122 e. The van der Waals surface area contributed by atoms with Crippen LogP contribution < -0.4 is 10.1 Å². The first-order chi connectivity index (χ1) is 8.36. The molecule has 0 saturated heterocycles. The summed E-state index contributed by atoms with van der Waals surface area (Å²) < 4.78 is 5.56. The van der Waals surface area contributed by atoms with Crippen LogP contribution in [0.2, 0.25) is 0 Å². The number of hydrogen-bond donors (Lipinski definition) is 1. The number of benzene rings is 1. The van der Waals surface area contributed by atoms with Gasteiger partial charge in [-0.15, -0.1) is 0 Å². The molecule has 2 aliphatic rings. The maximum absolute atomic E-state index is 5.56. The summed E-state index contributed by atoms with van der Waals surface area (Å²) in [6.45, 7) is 0.853. The Kier molecular flexibility index (Phi) is 3.06. The minimum atomic E-state index is 0.520. The smallest absolute Gasteiger partial charge is 0.122 e. The minimum Gasteiger partial charge on any atom is -0.493 e. The van der Waals surface area contributed by atoms with Crippen molar-refractivity contribution in [3.8, 4) is 5.75 Å². The van der Waals surface area contributed by atoms with Gasteiger partial charge in [-0.25, -0.2) is 0 Å². The lowest BCUT2D eigenvalue weighted by molar-refractivity contribution is 0.265. The van der Waals surface area contributed by atoms with Crippen LogP contribution in [0.5, 0.6) is 5.75 Å². The van der Waals surface area contributed by atoms with Crippen molar-refractivity contribution in [2.45, 2.75) is 38.1 Å². The molecule has 2 heteroatoms. The number of nitrogens with one attached hydrogen (secondary N) is 1. The molecule has 17 heavy (non-hydrogen) atoms. The fourth-order valence-corrected chi connectivity index (χ4v) is 2.91. The lowest BCUT2D eigenvalue weighted by Crippen LogP contribution is -2.23. The Morgan fingerprint density at radius 1 is 1.41 bits per heavy atom. The van der Waals surface area contributed by atoms with E-state index in [1.54, 1.807) is 0 Å². The van der Waals surface area contributed by atoms with E-state index in [0.717, 1.165) is 24.7 Å². The Morgan fingerprint density at radius 2 is 2.29 bits per heavy atom. The predicted molar refractivity (Wildman–Crippen MR) is 69.4 cm³/mol. The van der Waals surface area contributed by atoms with E-state index in [-0.39, 0.29) is 0 Å². The van der Waals surface area contributed by atoms with Crippen LogP contribution in [0.1, 0.15) is 42.9 Å². The van der Waals surface area contributed by atoms with Crippen molar-refractivity contribution in [2.75, 3.05) is 13.7 Å². The molecule has 1 atom stereocenters. The predicted octanol–water partition coefficient (Wildman–Crippen LogP) is 3.07. The van der Waals surface area contributed by atoms with Crippen LogP contribution in [0.3, 0.4) is 0 Å². The molecule has 1 aliphatic carbocycles. The van der Waals surface area contributed by atoms with Crippen molar-refractivity contribution in [1.82, 2.24) is 5.32 Å². The second-order valence-electron chi connectivity index (χ2n) is 5.34. The second kappa shape index (κ2) is 4.69. The first kappa shape index (κ1) is 11.1. The highest BCUT2D eigenvalue weighted by Gasteiger charge is 2.23. The standard InChI is InChI=1S/C15H21NO/c1-16-14(9-11-3-2-4-11)12-5-6-15-13(10-12)7-8-17-15/h5-6,10-11,14,16H,2-4,7-9H2,1H3. The fourth-order valence-electron chi connectivity index (χ4n) is 2.91. The molecule has 1 aliphatic heterocycles. The maximum atomic E-state index is 5.56. The Bertz CT molecular complexity index is 398. The first-order valence-corrected chi connectivity index (χ1v) is 6.79. The van der Waals surface area contributed by atoms with E-state index in [1.165, 1.54) is 36.8 Å². The highest BCUT2D eigenvalue weighted by molar-refractivity contribution is 5.40. The average Bonchev–Trinajstić information content (AvgIpc) is 2.75. The van der Waals surface area contributed by atoms with E-state index < -0.39 is 0 Å². The summed E-state index contributed by atoms with van der Waals surface area (Å²) in [5.41, 5.74) is 2.82. The summed E-state index contributed by atoms with van der Waals surface area (Å²) in [7, 11) is 2.08. The molecule has 0 spiro atoms. The van der Waals surface area contributed by atoms with Gasteiger partial charge >= 0.3 is 0 Å². The van der Waals surface area contributed by atoms with Crippen molar-refractivity contribution in [3.05, 3.63) is 29.3 Å². The molecule has 1 aromatic carbocycles. The SMILES string of the molecule is CNC(CC1CCC1)c1ccc2c(c1)CCO2. The summed E-state index contributed by atoms with van der Waals surface area (Å²) in [5.74, 6) is 2.03. The van der Waals surface area contributed by atoms with Gasteiger partial charge in [-0.3, -0.25) is 0 Å². The number of rotatable bonds is 4. The highest BCUT2D eigenvalue weighted by atomic mass is 16.5. The van der Waals surface area contributed by atoms with E-state index in [0.29, 0.717) is 6.04 Å². The largest absolute Gasteiger partial charge is 0.493 e. The van der Waals surface area contributed by atoms with E-state index in [9.17, 15) is 0 Å². The van der Waals surface area contributed by atoms with Crippen molar-refractivity contribution < 1.29 is 4.74 Å². The van der Waals surface area contributed by atoms with Crippen molar-refractivity contribution in [2.24, 2.45) is 5.92 Å². The lowest BCUT2D eigenvalue weighted by Gasteiger charge is -2.30. The number of fused-ring (bicyclic) bond motifs is 1. The highest BCUT2D eigenvalue weighted by Crippen LogP contribution is 2.36. The van der Waals surface area contributed by atoms with Crippen molar-refractivity contribution >= 4 is 0 Å². The Labute approximate surface area is 103 Å². The number of hydrogen-bond acceptors (Lipinski definition) is 2. The molecular weight excluding hydrogens is 210 g/mol. The quantitative estimate of drug-likeness (QED) is 0.860. The minimum absolute atomic E-state index is 0.520. The van der Waals surface area contributed by atoms with Crippen molar-refractivity contribution in [1.29, 1.82) is 0 Å². The summed E-state index contributed by atoms with van der Waals surface area (Å²) in [5, 5.41) is 3.47. The third kappa shape index (κ3) is 2.19. The summed E-state index contributed by atoms with van der Waals surface area (Å²) in [6, 6.07) is 7.22. The topological polar surface area (TPSA) is 21.3 Å². The van der Waals surface area contributed by atoms with Gasteiger partial charge in [-0.2, -0.15) is 0 Å². The first-order valence-electron chi connectivity index (χ1n) is 6.79. The van der Waals surface area contributed by atoms with Crippen molar-refractivity contribution in [3.63, 3.8) is 0 Å². The molecular formula is C15H21NO. The van der Waals surface area contributed by atoms with E-state index >= 15 is 0 Å². The zero-order chi connectivity index (χ0) is 11.7. The monoisotopic (exact) mass is 231 g/mol. The Hall–Kier alpha value is -1.02. The number of ether oxygens (including phenoxy) is 1. The van der Waals surface area contributed by atoms with Crippen LogP contribution in [-0.4, -0.2) is 13.7 Å². The zero-order valence-corrected chi connectivity index (χ0v) is 10.5. The molecule has 3 rings (SSSR count). The molecule has 0 amide bonds. The fraction of sp³-hybridized carbons (Fsp3) is 0.600. The molecule has 0 bridgehead atoms. The van der Waals surface area contributed by atoms with Gasteiger partial charge in [0.1, 0.15) is 5.75 Å². The molecule has 1 unspecified atom stereocenters. The molecule has 1 N–H and O–H groups in total. The van der Waals surface area contributed by atoms with Gasteiger partial charge in [0.05, 0.1) is 6.61 Å². The summed E-state index contributed by atoms with van der Waals surface area (Å²) in [6.07, 6.45) is 6.64. The molecule has 1 heterocycles. The third-order valence-corrected chi connectivity index (χ3v) is 4.26. The summed E-state index contributed by atoms with van der Waals surface area (Å²) >= 11 is 0. The average molecular weight is 231 g/mol. The van der Waals surface area contributed by atoms with Crippen LogP contribution in [-0.2, 0) is 6.42 Å².